The number of pyridine rings is 1. The molecule has 0 amide bonds. The molecule has 0 saturated carbocycles. The number of aromatic nitrogens is 2. The van der Waals surface area contributed by atoms with Gasteiger partial charge in [-0.3, -0.25) is 4.57 Å². The first-order chi connectivity index (χ1) is 22.1. The SMILES string of the molecule is CC1(C)c2ccccc2-c2cc(N(c3ccc4ccccc4c3)c3ccc4c(c3)c3ccccc3n4-c3ccccn3)ccc21. The lowest BCUT2D eigenvalue weighted by molar-refractivity contribution is 0.660. The number of benzene rings is 6. The third kappa shape index (κ3) is 3.87. The molecule has 1 aliphatic rings. The second-order valence-electron chi connectivity index (χ2n) is 12.5. The second kappa shape index (κ2) is 9.67. The number of rotatable bonds is 4. The Morgan fingerprint density at radius 1 is 0.511 bits per heavy atom. The Bertz CT molecular complexity index is 2420. The van der Waals surface area contributed by atoms with Crippen LogP contribution in [0, 0.1) is 0 Å². The molecule has 3 nitrogen and oxygen atoms in total. The predicted molar refractivity (Wildman–Crippen MR) is 188 cm³/mol. The third-order valence-electron chi connectivity index (χ3n) is 9.61. The van der Waals surface area contributed by atoms with E-state index in [0.29, 0.717) is 0 Å². The molecule has 214 valence electrons. The van der Waals surface area contributed by atoms with Crippen LogP contribution in [0.2, 0.25) is 0 Å². The summed E-state index contributed by atoms with van der Waals surface area (Å²) in [6.45, 7) is 4.67. The van der Waals surface area contributed by atoms with Crippen LogP contribution >= 0.6 is 0 Å². The molecule has 3 heteroatoms. The minimum atomic E-state index is -0.0373. The van der Waals surface area contributed by atoms with E-state index in [4.69, 9.17) is 4.98 Å². The highest BCUT2D eigenvalue weighted by atomic mass is 15.1. The molecule has 1 aliphatic carbocycles. The summed E-state index contributed by atoms with van der Waals surface area (Å²) < 4.78 is 2.27. The monoisotopic (exact) mass is 577 g/mol. The van der Waals surface area contributed by atoms with E-state index in [2.05, 4.69) is 157 Å². The molecule has 9 rings (SSSR count). The highest BCUT2D eigenvalue weighted by Gasteiger charge is 2.35. The van der Waals surface area contributed by atoms with Crippen molar-refractivity contribution in [1.29, 1.82) is 0 Å². The molecule has 6 aromatic carbocycles. The van der Waals surface area contributed by atoms with Crippen molar-refractivity contribution >= 4 is 49.6 Å². The van der Waals surface area contributed by atoms with Crippen molar-refractivity contribution in [3.05, 3.63) is 163 Å². The van der Waals surface area contributed by atoms with E-state index in [1.807, 2.05) is 18.3 Å². The first kappa shape index (κ1) is 25.8. The van der Waals surface area contributed by atoms with Gasteiger partial charge in [0.2, 0.25) is 0 Å². The molecular weight excluding hydrogens is 546 g/mol. The summed E-state index contributed by atoms with van der Waals surface area (Å²) in [7, 11) is 0. The van der Waals surface area contributed by atoms with Gasteiger partial charge in [0.15, 0.2) is 0 Å². The van der Waals surface area contributed by atoms with Gasteiger partial charge in [-0.2, -0.15) is 0 Å². The van der Waals surface area contributed by atoms with E-state index in [1.165, 1.54) is 43.8 Å². The van der Waals surface area contributed by atoms with Crippen LogP contribution in [0.5, 0.6) is 0 Å². The first-order valence-electron chi connectivity index (χ1n) is 15.6. The van der Waals surface area contributed by atoms with E-state index in [-0.39, 0.29) is 5.41 Å². The van der Waals surface area contributed by atoms with Gasteiger partial charge in [0.05, 0.1) is 11.0 Å². The zero-order valence-corrected chi connectivity index (χ0v) is 25.3. The molecule has 0 fully saturated rings. The van der Waals surface area contributed by atoms with E-state index >= 15 is 0 Å². The minimum absolute atomic E-state index is 0.0373. The smallest absolute Gasteiger partial charge is 0.137 e. The molecule has 0 aliphatic heterocycles. The summed E-state index contributed by atoms with van der Waals surface area (Å²) >= 11 is 0. The molecule has 2 heterocycles. The summed E-state index contributed by atoms with van der Waals surface area (Å²) in [5.74, 6) is 0.919. The average molecular weight is 578 g/mol. The molecule has 45 heavy (non-hydrogen) atoms. The lowest BCUT2D eigenvalue weighted by Crippen LogP contribution is -2.15. The van der Waals surface area contributed by atoms with Gasteiger partial charge in [-0.15, -0.1) is 0 Å². The maximum Gasteiger partial charge on any atom is 0.137 e. The topological polar surface area (TPSA) is 21.1 Å². The zero-order chi connectivity index (χ0) is 30.1. The third-order valence-corrected chi connectivity index (χ3v) is 9.61. The van der Waals surface area contributed by atoms with Crippen molar-refractivity contribution in [2.75, 3.05) is 4.90 Å². The molecule has 0 N–H and O–H groups in total. The van der Waals surface area contributed by atoms with Gasteiger partial charge in [0, 0.05) is 39.4 Å². The average Bonchev–Trinajstić information content (AvgIpc) is 3.53. The molecule has 8 aromatic rings. The van der Waals surface area contributed by atoms with Gasteiger partial charge >= 0.3 is 0 Å². The van der Waals surface area contributed by atoms with Crippen molar-refractivity contribution < 1.29 is 0 Å². The normalized spacial score (nSPS) is 13.3. The van der Waals surface area contributed by atoms with Crippen LogP contribution in [0.3, 0.4) is 0 Å². The Morgan fingerprint density at radius 3 is 2.07 bits per heavy atom. The molecule has 0 spiro atoms. The van der Waals surface area contributed by atoms with E-state index in [9.17, 15) is 0 Å². The Labute approximate surface area is 262 Å². The van der Waals surface area contributed by atoms with E-state index < -0.39 is 0 Å². The number of hydrogen-bond donors (Lipinski definition) is 0. The molecule has 0 atom stereocenters. The Hall–Kier alpha value is -5.67. The van der Waals surface area contributed by atoms with Gasteiger partial charge < -0.3 is 4.90 Å². The van der Waals surface area contributed by atoms with Gasteiger partial charge in [0.25, 0.3) is 0 Å². The van der Waals surface area contributed by atoms with Crippen molar-refractivity contribution in [2.24, 2.45) is 0 Å². The van der Waals surface area contributed by atoms with E-state index in [0.717, 1.165) is 33.9 Å². The lowest BCUT2D eigenvalue weighted by atomic mass is 9.82. The highest BCUT2D eigenvalue weighted by molar-refractivity contribution is 6.10. The maximum absolute atomic E-state index is 4.72. The fraction of sp³-hybridized carbons (Fsp3) is 0.0714. The van der Waals surface area contributed by atoms with Crippen LogP contribution in [-0.2, 0) is 5.41 Å². The van der Waals surface area contributed by atoms with Gasteiger partial charge in [-0.1, -0.05) is 98.8 Å². The fourth-order valence-corrected chi connectivity index (χ4v) is 7.44. The largest absolute Gasteiger partial charge is 0.310 e. The first-order valence-corrected chi connectivity index (χ1v) is 15.6. The van der Waals surface area contributed by atoms with Crippen LogP contribution in [0.4, 0.5) is 17.1 Å². The van der Waals surface area contributed by atoms with Crippen LogP contribution in [0.1, 0.15) is 25.0 Å². The predicted octanol–water partition coefficient (Wildman–Crippen LogP) is 11.1. The standard InChI is InChI=1S/C42H31N3/c1-42(2)37-15-7-5-13-33(37)35-26-31(20-22-38(35)42)44(30-19-18-28-11-3-4-12-29(28)25-30)32-21-23-40-36(27-32)34-14-6-8-16-39(34)45(40)41-17-9-10-24-43-41/h3-27H,1-2H3. The van der Waals surface area contributed by atoms with Crippen LogP contribution in [0.25, 0.3) is 49.5 Å². The zero-order valence-electron chi connectivity index (χ0n) is 25.3. The summed E-state index contributed by atoms with van der Waals surface area (Å²) in [4.78, 5) is 7.13. The fourth-order valence-electron chi connectivity index (χ4n) is 7.44. The summed E-state index contributed by atoms with van der Waals surface area (Å²) in [6.07, 6.45) is 1.86. The molecule has 0 unspecified atom stereocenters. The minimum Gasteiger partial charge on any atom is -0.310 e. The number of anilines is 3. The van der Waals surface area contributed by atoms with Crippen LogP contribution < -0.4 is 4.90 Å². The van der Waals surface area contributed by atoms with Gasteiger partial charge in [-0.05, 0) is 93.7 Å². The molecular formula is C42H31N3. The number of nitrogens with zero attached hydrogens (tertiary/aromatic N) is 3. The van der Waals surface area contributed by atoms with Crippen LogP contribution in [0.15, 0.2) is 152 Å². The number of para-hydroxylation sites is 1. The molecule has 0 bridgehead atoms. The van der Waals surface area contributed by atoms with Gasteiger partial charge in [-0.25, -0.2) is 4.98 Å². The van der Waals surface area contributed by atoms with E-state index in [1.54, 1.807) is 0 Å². The number of hydrogen-bond acceptors (Lipinski definition) is 2. The highest BCUT2D eigenvalue weighted by Crippen LogP contribution is 2.51. The molecule has 2 aromatic heterocycles. The molecule has 0 radical (unpaired) electrons. The quantitative estimate of drug-likeness (QED) is 0.207. The summed E-state index contributed by atoms with van der Waals surface area (Å²) in [5, 5.41) is 4.87. The Balaban J connectivity index is 1.30. The summed E-state index contributed by atoms with van der Waals surface area (Å²) in [5.41, 5.74) is 11.0. The number of fused-ring (bicyclic) bond motifs is 7. The van der Waals surface area contributed by atoms with Crippen molar-refractivity contribution in [1.82, 2.24) is 9.55 Å². The maximum atomic E-state index is 4.72. The second-order valence-corrected chi connectivity index (χ2v) is 12.5. The molecule has 0 saturated heterocycles. The van der Waals surface area contributed by atoms with Gasteiger partial charge in [0.1, 0.15) is 5.82 Å². The van der Waals surface area contributed by atoms with Crippen molar-refractivity contribution in [2.45, 2.75) is 19.3 Å². The lowest BCUT2D eigenvalue weighted by Gasteiger charge is -2.27. The summed E-state index contributed by atoms with van der Waals surface area (Å²) in [6, 6.07) is 52.8. The van der Waals surface area contributed by atoms with Crippen molar-refractivity contribution in [3.63, 3.8) is 0 Å². The Morgan fingerprint density at radius 2 is 1.18 bits per heavy atom. The van der Waals surface area contributed by atoms with Crippen molar-refractivity contribution in [3.8, 4) is 16.9 Å². The van der Waals surface area contributed by atoms with Crippen LogP contribution in [-0.4, -0.2) is 9.55 Å². The Kier molecular flexibility index (Phi) is 5.54.